The Labute approximate surface area is 87.3 Å². The van der Waals surface area contributed by atoms with Crippen molar-refractivity contribution in [2.45, 2.75) is 19.3 Å². The van der Waals surface area contributed by atoms with Gasteiger partial charge < -0.3 is 5.32 Å². The largest absolute Gasteiger partial charge is 0.311 e. The number of halogens is 3. The first kappa shape index (κ1) is 12.0. The van der Waals surface area contributed by atoms with Gasteiger partial charge in [0, 0.05) is 5.56 Å². The second-order valence-electron chi connectivity index (χ2n) is 3.39. The molecule has 0 saturated heterocycles. The van der Waals surface area contributed by atoms with Crippen molar-refractivity contribution in [1.82, 2.24) is 5.32 Å². The van der Waals surface area contributed by atoms with Crippen LogP contribution in [0.25, 0.3) is 0 Å². The first-order valence-electron chi connectivity index (χ1n) is 4.91. The average molecular weight is 217 g/mol. The Kier molecular flexibility index (Phi) is 4.15. The van der Waals surface area contributed by atoms with E-state index in [0.29, 0.717) is 6.54 Å². The van der Waals surface area contributed by atoms with Crippen molar-refractivity contribution < 1.29 is 13.2 Å². The van der Waals surface area contributed by atoms with Gasteiger partial charge >= 0.3 is 0 Å². The van der Waals surface area contributed by atoms with Crippen LogP contribution >= 0.6 is 0 Å². The molecule has 4 heteroatoms. The normalized spacial score (nSPS) is 11.7. The molecule has 0 spiro atoms. The fourth-order valence-corrected chi connectivity index (χ4v) is 1.24. The van der Waals surface area contributed by atoms with Gasteiger partial charge in [0.1, 0.15) is 5.82 Å². The lowest BCUT2D eigenvalue weighted by molar-refractivity contribution is -0.00319. The second-order valence-corrected chi connectivity index (χ2v) is 3.39. The van der Waals surface area contributed by atoms with E-state index in [-0.39, 0.29) is 5.56 Å². The summed E-state index contributed by atoms with van der Waals surface area (Å²) in [4.78, 5) is 0. The summed E-state index contributed by atoms with van der Waals surface area (Å²) in [6, 6.07) is 4.54. The Morgan fingerprint density at radius 3 is 2.67 bits per heavy atom. The van der Waals surface area contributed by atoms with E-state index in [1.54, 1.807) is 0 Å². The maximum Gasteiger partial charge on any atom is 0.285 e. The molecule has 0 bridgehead atoms. The lowest BCUT2D eigenvalue weighted by Gasteiger charge is -2.17. The average Bonchev–Trinajstić information content (AvgIpc) is 2.18. The molecular weight excluding hydrogens is 203 g/mol. The van der Waals surface area contributed by atoms with Crippen molar-refractivity contribution in [2.75, 3.05) is 13.1 Å². The SMILES string of the molecule is CCCNCC(F)(F)c1cccc(F)c1. The summed E-state index contributed by atoms with van der Waals surface area (Å²) in [6.45, 7) is 1.97. The zero-order valence-corrected chi connectivity index (χ0v) is 8.56. The maximum atomic E-state index is 13.4. The highest BCUT2D eigenvalue weighted by Crippen LogP contribution is 2.27. The van der Waals surface area contributed by atoms with Gasteiger partial charge in [0.25, 0.3) is 5.92 Å². The Hall–Kier alpha value is -1.03. The third kappa shape index (κ3) is 3.55. The minimum Gasteiger partial charge on any atom is -0.311 e. The monoisotopic (exact) mass is 217 g/mol. The Morgan fingerprint density at radius 2 is 2.07 bits per heavy atom. The highest BCUT2D eigenvalue weighted by Gasteiger charge is 2.30. The van der Waals surface area contributed by atoms with Crippen LogP contribution in [0.2, 0.25) is 0 Å². The summed E-state index contributed by atoms with van der Waals surface area (Å²) in [6.07, 6.45) is 0.791. The van der Waals surface area contributed by atoms with Crippen LogP contribution in [-0.2, 0) is 5.92 Å². The minimum absolute atomic E-state index is 0.286. The Balaban J connectivity index is 2.67. The third-order valence-electron chi connectivity index (χ3n) is 2.02. The minimum atomic E-state index is -3.02. The van der Waals surface area contributed by atoms with E-state index in [2.05, 4.69) is 5.32 Å². The summed E-state index contributed by atoms with van der Waals surface area (Å²) in [7, 11) is 0. The van der Waals surface area contributed by atoms with Crippen LogP contribution in [0.15, 0.2) is 24.3 Å². The summed E-state index contributed by atoms with van der Waals surface area (Å²) in [5, 5.41) is 2.62. The van der Waals surface area contributed by atoms with Gasteiger partial charge in [-0.1, -0.05) is 19.1 Å². The van der Waals surface area contributed by atoms with Gasteiger partial charge in [0.2, 0.25) is 0 Å². The molecule has 0 heterocycles. The molecule has 15 heavy (non-hydrogen) atoms. The van der Waals surface area contributed by atoms with Gasteiger partial charge in [-0.05, 0) is 25.1 Å². The van der Waals surface area contributed by atoms with Gasteiger partial charge in [-0.2, -0.15) is 8.78 Å². The second kappa shape index (κ2) is 5.16. The molecule has 0 aliphatic heterocycles. The van der Waals surface area contributed by atoms with Crippen molar-refractivity contribution in [3.05, 3.63) is 35.6 Å². The van der Waals surface area contributed by atoms with Crippen LogP contribution in [0.1, 0.15) is 18.9 Å². The summed E-state index contributed by atoms with van der Waals surface area (Å²) >= 11 is 0. The maximum absolute atomic E-state index is 13.4. The number of benzene rings is 1. The van der Waals surface area contributed by atoms with Crippen LogP contribution in [0.3, 0.4) is 0 Å². The fraction of sp³-hybridized carbons (Fsp3) is 0.455. The molecule has 1 aromatic rings. The lowest BCUT2D eigenvalue weighted by Crippen LogP contribution is -2.31. The molecular formula is C11H14F3N. The first-order valence-corrected chi connectivity index (χ1v) is 4.91. The van der Waals surface area contributed by atoms with Crippen LogP contribution in [0.4, 0.5) is 13.2 Å². The van der Waals surface area contributed by atoms with Gasteiger partial charge in [-0.3, -0.25) is 0 Å². The van der Waals surface area contributed by atoms with E-state index in [0.717, 1.165) is 18.6 Å². The lowest BCUT2D eigenvalue weighted by atomic mass is 10.1. The summed E-state index contributed by atoms with van der Waals surface area (Å²) < 4.78 is 39.6. The molecule has 0 aliphatic rings. The number of hydrogen-bond donors (Lipinski definition) is 1. The molecule has 1 N–H and O–H groups in total. The van der Waals surface area contributed by atoms with Crippen LogP contribution in [0, 0.1) is 5.82 Å². The van der Waals surface area contributed by atoms with E-state index < -0.39 is 18.3 Å². The quantitative estimate of drug-likeness (QED) is 0.748. The zero-order valence-electron chi connectivity index (χ0n) is 8.56. The molecule has 0 aliphatic carbocycles. The fourth-order valence-electron chi connectivity index (χ4n) is 1.24. The Morgan fingerprint density at radius 1 is 1.33 bits per heavy atom. The topological polar surface area (TPSA) is 12.0 Å². The molecule has 0 amide bonds. The number of nitrogens with one attached hydrogen (secondary N) is 1. The molecule has 0 aromatic heterocycles. The standard InChI is InChI=1S/C11H14F3N/c1-2-6-15-8-11(13,14)9-4-3-5-10(12)7-9/h3-5,7,15H,2,6,8H2,1H3. The number of alkyl halides is 2. The van der Waals surface area contributed by atoms with Crippen LogP contribution in [-0.4, -0.2) is 13.1 Å². The molecule has 0 radical (unpaired) electrons. The summed E-state index contributed by atoms with van der Waals surface area (Å²) in [5.74, 6) is -3.65. The summed E-state index contributed by atoms with van der Waals surface area (Å²) in [5.41, 5.74) is -0.286. The van der Waals surface area contributed by atoms with Gasteiger partial charge in [0.15, 0.2) is 0 Å². The molecule has 0 atom stereocenters. The van der Waals surface area contributed by atoms with Gasteiger partial charge in [-0.25, -0.2) is 4.39 Å². The van der Waals surface area contributed by atoms with Crippen molar-refractivity contribution in [3.8, 4) is 0 Å². The number of hydrogen-bond acceptors (Lipinski definition) is 1. The molecule has 1 aromatic carbocycles. The van der Waals surface area contributed by atoms with E-state index in [4.69, 9.17) is 0 Å². The highest BCUT2D eigenvalue weighted by atomic mass is 19.3. The van der Waals surface area contributed by atoms with E-state index in [1.807, 2.05) is 6.92 Å². The zero-order chi connectivity index (χ0) is 11.3. The van der Waals surface area contributed by atoms with Crippen molar-refractivity contribution in [3.63, 3.8) is 0 Å². The van der Waals surface area contributed by atoms with E-state index >= 15 is 0 Å². The first-order chi connectivity index (χ1) is 7.06. The van der Waals surface area contributed by atoms with Crippen molar-refractivity contribution in [1.29, 1.82) is 0 Å². The van der Waals surface area contributed by atoms with Crippen LogP contribution in [0.5, 0.6) is 0 Å². The van der Waals surface area contributed by atoms with Gasteiger partial charge in [0.05, 0.1) is 6.54 Å². The van der Waals surface area contributed by atoms with Crippen molar-refractivity contribution >= 4 is 0 Å². The highest BCUT2D eigenvalue weighted by molar-refractivity contribution is 5.21. The predicted octanol–water partition coefficient (Wildman–Crippen LogP) is 2.92. The molecule has 84 valence electrons. The van der Waals surface area contributed by atoms with E-state index in [1.165, 1.54) is 12.1 Å². The number of rotatable bonds is 5. The molecule has 1 rings (SSSR count). The third-order valence-corrected chi connectivity index (χ3v) is 2.02. The van der Waals surface area contributed by atoms with Gasteiger partial charge in [-0.15, -0.1) is 0 Å². The van der Waals surface area contributed by atoms with Crippen LogP contribution < -0.4 is 5.32 Å². The molecule has 0 fully saturated rings. The molecule has 1 nitrogen and oxygen atoms in total. The smallest absolute Gasteiger partial charge is 0.285 e. The molecule has 0 unspecified atom stereocenters. The predicted molar refractivity (Wildman–Crippen MR) is 53.5 cm³/mol. The molecule has 0 saturated carbocycles. The Bertz CT molecular complexity index is 312. The van der Waals surface area contributed by atoms with Crippen molar-refractivity contribution in [2.24, 2.45) is 0 Å². The van der Waals surface area contributed by atoms with E-state index in [9.17, 15) is 13.2 Å².